The maximum Gasteiger partial charge on any atom is 0.256 e. The van der Waals surface area contributed by atoms with E-state index >= 15 is 0 Å². The average Bonchev–Trinajstić information content (AvgIpc) is 2.92. The number of aryl methyl sites for hydroxylation is 1. The van der Waals surface area contributed by atoms with Crippen LogP contribution in [0.25, 0.3) is 0 Å². The van der Waals surface area contributed by atoms with E-state index in [1.807, 2.05) is 12.1 Å². The second kappa shape index (κ2) is 5.38. The summed E-state index contributed by atoms with van der Waals surface area (Å²) in [5.74, 6) is 0.165. The first kappa shape index (κ1) is 14.3. The summed E-state index contributed by atoms with van der Waals surface area (Å²) in [6.45, 7) is 3.90. The van der Waals surface area contributed by atoms with Crippen molar-refractivity contribution >= 4 is 17.4 Å². The van der Waals surface area contributed by atoms with E-state index in [1.165, 1.54) is 4.68 Å². The zero-order chi connectivity index (χ0) is 16.0. The van der Waals surface area contributed by atoms with Crippen molar-refractivity contribution in [3.63, 3.8) is 0 Å². The number of ether oxygens (including phenoxy) is 1. The third kappa shape index (κ3) is 2.21. The number of carbonyl (C=O) groups is 1. The van der Waals surface area contributed by atoms with E-state index in [2.05, 4.69) is 23.4 Å². The predicted octanol–water partition coefficient (Wildman–Crippen LogP) is 2.09. The summed E-state index contributed by atoms with van der Waals surface area (Å²) in [5, 5.41) is 7.86. The van der Waals surface area contributed by atoms with Gasteiger partial charge in [0.05, 0.1) is 24.8 Å². The van der Waals surface area contributed by atoms with Crippen LogP contribution in [0, 0.1) is 6.92 Å². The van der Waals surface area contributed by atoms with Gasteiger partial charge in [-0.3, -0.25) is 4.79 Å². The monoisotopic (exact) mass is 312 g/mol. The first-order valence-electron chi connectivity index (χ1n) is 7.98. The number of hydrogen-bond donors (Lipinski definition) is 2. The fraction of sp³-hybridized carbons (Fsp3) is 0.412. The Labute approximate surface area is 134 Å². The van der Waals surface area contributed by atoms with Crippen LogP contribution in [0.1, 0.15) is 39.5 Å². The fourth-order valence-corrected chi connectivity index (χ4v) is 3.50. The van der Waals surface area contributed by atoms with Gasteiger partial charge in [-0.1, -0.05) is 18.2 Å². The molecule has 0 radical (unpaired) electrons. The van der Waals surface area contributed by atoms with Crippen molar-refractivity contribution < 1.29 is 9.53 Å². The van der Waals surface area contributed by atoms with Crippen LogP contribution in [-0.2, 0) is 17.8 Å². The molecule has 4 rings (SSSR count). The lowest BCUT2D eigenvalue weighted by Gasteiger charge is -2.27. The third-order valence-electron chi connectivity index (χ3n) is 4.76. The van der Waals surface area contributed by atoms with Gasteiger partial charge in [0.2, 0.25) is 0 Å². The molecular formula is C17H20N4O2. The van der Waals surface area contributed by atoms with Crippen molar-refractivity contribution in [3.05, 3.63) is 40.6 Å². The molecule has 0 fully saturated rings. The zero-order valence-electron chi connectivity index (χ0n) is 13.1. The molecule has 23 heavy (non-hydrogen) atoms. The Balaban J connectivity index is 1.74. The minimum atomic E-state index is -0.212. The number of anilines is 2. The highest BCUT2D eigenvalue weighted by atomic mass is 16.5. The summed E-state index contributed by atoms with van der Waals surface area (Å²) in [6, 6.07) is 6.06. The van der Waals surface area contributed by atoms with Crippen molar-refractivity contribution in [2.75, 3.05) is 24.2 Å². The van der Waals surface area contributed by atoms with Crippen LogP contribution < -0.4 is 11.1 Å². The highest BCUT2D eigenvalue weighted by molar-refractivity contribution is 5.90. The molecule has 6 heteroatoms. The molecule has 3 N–H and O–H groups in total. The Bertz CT molecular complexity index is 781. The number of carbonyl (C=O) groups excluding carboxylic acids is 1. The Morgan fingerprint density at radius 2 is 2.35 bits per heavy atom. The maximum absolute atomic E-state index is 13.1. The maximum atomic E-state index is 13.1. The number of benzene rings is 1. The van der Waals surface area contributed by atoms with E-state index < -0.39 is 0 Å². The molecule has 2 aliphatic rings. The van der Waals surface area contributed by atoms with Gasteiger partial charge in [0, 0.05) is 24.2 Å². The number of para-hydroxylation sites is 1. The van der Waals surface area contributed by atoms with Crippen molar-refractivity contribution in [1.82, 2.24) is 9.78 Å². The van der Waals surface area contributed by atoms with Gasteiger partial charge in [0.1, 0.15) is 5.82 Å². The highest BCUT2D eigenvalue weighted by Gasteiger charge is 2.31. The topological polar surface area (TPSA) is 82.2 Å². The van der Waals surface area contributed by atoms with E-state index in [-0.39, 0.29) is 11.8 Å². The molecule has 0 saturated heterocycles. The van der Waals surface area contributed by atoms with Crippen molar-refractivity contribution in [1.29, 1.82) is 0 Å². The van der Waals surface area contributed by atoms with E-state index in [4.69, 9.17) is 10.5 Å². The number of nitrogen functional groups attached to an aromatic ring is 1. The van der Waals surface area contributed by atoms with Crippen LogP contribution in [0.2, 0.25) is 0 Å². The molecule has 1 aromatic heterocycles. The molecule has 0 spiro atoms. The molecule has 0 unspecified atom stereocenters. The number of nitrogens with one attached hydrogen (secondary N) is 1. The van der Waals surface area contributed by atoms with Gasteiger partial charge >= 0.3 is 0 Å². The first-order chi connectivity index (χ1) is 11.2. The summed E-state index contributed by atoms with van der Waals surface area (Å²) in [6.07, 6.45) is 1.46. The predicted molar refractivity (Wildman–Crippen MR) is 87.7 cm³/mol. The van der Waals surface area contributed by atoms with Gasteiger partial charge in [-0.2, -0.15) is 9.78 Å². The second-order valence-electron chi connectivity index (χ2n) is 6.17. The van der Waals surface area contributed by atoms with Gasteiger partial charge in [-0.15, -0.1) is 0 Å². The van der Waals surface area contributed by atoms with Crippen molar-refractivity contribution in [2.24, 2.45) is 0 Å². The van der Waals surface area contributed by atoms with Crippen molar-refractivity contribution in [2.45, 2.75) is 32.3 Å². The Morgan fingerprint density at radius 3 is 3.17 bits per heavy atom. The summed E-state index contributed by atoms with van der Waals surface area (Å²) < 4.78 is 6.82. The largest absolute Gasteiger partial charge is 0.385 e. The Kier molecular flexibility index (Phi) is 3.34. The van der Waals surface area contributed by atoms with Crippen LogP contribution in [0.4, 0.5) is 11.5 Å². The van der Waals surface area contributed by atoms with E-state index in [9.17, 15) is 4.79 Å². The number of fused-ring (bicyclic) bond motifs is 2. The van der Waals surface area contributed by atoms with Crippen LogP contribution in [0.15, 0.2) is 18.2 Å². The van der Waals surface area contributed by atoms with Gasteiger partial charge < -0.3 is 15.8 Å². The van der Waals surface area contributed by atoms with Crippen LogP contribution in [-0.4, -0.2) is 28.8 Å². The fourth-order valence-electron chi connectivity index (χ4n) is 3.50. The smallest absolute Gasteiger partial charge is 0.256 e. The average molecular weight is 312 g/mol. The lowest BCUT2D eigenvalue weighted by atomic mass is 9.88. The molecule has 0 aliphatic carbocycles. The second-order valence-corrected chi connectivity index (χ2v) is 6.17. The highest BCUT2D eigenvalue weighted by Crippen LogP contribution is 2.35. The third-order valence-corrected chi connectivity index (χ3v) is 4.76. The Hall–Kier alpha value is -2.34. The van der Waals surface area contributed by atoms with Crippen LogP contribution in [0.5, 0.6) is 0 Å². The lowest BCUT2D eigenvalue weighted by Crippen LogP contribution is -2.28. The first-order valence-corrected chi connectivity index (χ1v) is 7.98. The van der Waals surface area contributed by atoms with Gasteiger partial charge in [-0.25, -0.2) is 0 Å². The van der Waals surface area contributed by atoms with Crippen LogP contribution >= 0.6 is 0 Å². The number of nitrogens with two attached hydrogens (primary N) is 1. The molecule has 1 aromatic carbocycles. The lowest BCUT2D eigenvalue weighted by molar-refractivity contribution is 0.0859. The minimum absolute atomic E-state index is 0.0507. The van der Waals surface area contributed by atoms with Gasteiger partial charge in [0.15, 0.2) is 0 Å². The van der Waals surface area contributed by atoms with Gasteiger partial charge in [-0.05, 0) is 24.5 Å². The van der Waals surface area contributed by atoms with Gasteiger partial charge in [0.25, 0.3) is 5.91 Å². The summed E-state index contributed by atoms with van der Waals surface area (Å²) in [5.41, 5.74) is 11.2. The normalized spacial score (nSPS) is 19.6. The van der Waals surface area contributed by atoms with E-state index in [0.717, 1.165) is 41.0 Å². The van der Waals surface area contributed by atoms with E-state index in [1.54, 1.807) is 0 Å². The molecule has 0 amide bonds. The SMILES string of the molecule is Cc1cccc2c1NCC[C@@H]2C(=O)n1nc2c(c1N)COCC2. The van der Waals surface area contributed by atoms with E-state index in [0.29, 0.717) is 25.5 Å². The summed E-state index contributed by atoms with van der Waals surface area (Å²) in [4.78, 5) is 13.1. The number of hydrogen-bond acceptors (Lipinski definition) is 5. The molecule has 0 bridgehead atoms. The quantitative estimate of drug-likeness (QED) is 0.842. The molecule has 120 valence electrons. The van der Waals surface area contributed by atoms with Crippen LogP contribution in [0.3, 0.4) is 0 Å². The zero-order valence-corrected chi connectivity index (χ0v) is 13.1. The molecule has 2 aromatic rings. The number of nitrogens with zero attached hydrogens (tertiary/aromatic N) is 2. The molecule has 1 atom stereocenters. The number of rotatable bonds is 1. The molecule has 2 aliphatic heterocycles. The molecule has 6 nitrogen and oxygen atoms in total. The molecule has 3 heterocycles. The Morgan fingerprint density at radius 1 is 1.48 bits per heavy atom. The summed E-state index contributed by atoms with van der Waals surface area (Å²) >= 11 is 0. The standard InChI is InChI=1S/C17H20N4O2/c1-10-3-2-4-11-12(5-7-19-15(10)11)17(22)21-16(18)13-9-23-8-6-14(13)20-21/h2-4,12,19H,5-9,18H2,1H3/t12-/m0/s1. The minimum Gasteiger partial charge on any atom is -0.385 e. The molecular weight excluding hydrogens is 292 g/mol. The number of aromatic nitrogens is 2. The summed E-state index contributed by atoms with van der Waals surface area (Å²) in [7, 11) is 0. The van der Waals surface area contributed by atoms with Crippen molar-refractivity contribution in [3.8, 4) is 0 Å². The molecule has 0 saturated carbocycles.